The van der Waals surface area contributed by atoms with Gasteiger partial charge in [-0.3, -0.25) is 0 Å². The third-order valence-electron chi connectivity index (χ3n) is 3.96. The van der Waals surface area contributed by atoms with Crippen molar-refractivity contribution in [3.05, 3.63) is 60.2 Å². The smallest absolute Gasteiger partial charge is 0.338 e. The van der Waals surface area contributed by atoms with Crippen LogP contribution in [0.5, 0.6) is 0 Å². The summed E-state index contributed by atoms with van der Waals surface area (Å²) in [4.78, 5) is 11.9. The number of esters is 1. The van der Waals surface area contributed by atoms with Crippen LogP contribution in [0.15, 0.2) is 54.6 Å². The van der Waals surface area contributed by atoms with Crippen LogP contribution in [0.1, 0.15) is 17.3 Å². The summed E-state index contributed by atoms with van der Waals surface area (Å²) in [6, 6.07) is 18.0. The Morgan fingerprint density at radius 2 is 1.48 bits per heavy atom. The number of ether oxygens (including phenoxy) is 1. The van der Waals surface area contributed by atoms with Gasteiger partial charge in [-0.15, -0.1) is 0 Å². The molecule has 0 aromatic heterocycles. The van der Waals surface area contributed by atoms with Crippen LogP contribution >= 0.6 is 0 Å². The Hall–Kier alpha value is -3.01. The number of fused-ring (bicyclic) bond motifs is 3. The monoisotopic (exact) mass is 304 g/mol. The Balaban J connectivity index is 1.74. The van der Waals surface area contributed by atoms with Crippen LogP contribution in [0.2, 0.25) is 0 Å². The number of benzene rings is 3. The number of rotatable bonds is 2. The van der Waals surface area contributed by atoms with Crippen molar-refractivity contribution < 1.29 is 9.53 Å². The first-order chi connectivity index (χ1) is 11.2. The van der Waals surface area contributed by atoms with Crippen LogP contribution in [0.25, 0.3) is 10.8 Å². The minimum Gasteiger partial charge on any atom is -0.462 e. The number of carbonyl (C=O) groups excluding carboxylic acids is 1. The third-order valence-corrected chi connectivity index (χ3v) is 3.96. The molecule has 3 aromatic rings. The molecule has 0 saturated carbocycles. The van der Waals surface area contributed by atoms with Crippen LogP contribution in [-0.2, 0) is 4.74 Å². The van der Waals surface area contributed by atoms with Crippen molar-refractivity contribution in [3.63, 3.8) is 0 Å². The zero-order chi connectivity index (χ0) is 15.8. The average molecular weight is 304 g/mol. The second kappa shape index (κ2) is 5.32. The normalized spacial score (nSPS) is 11.9. The summed E-state index contributed by atoms with van der Waals surface area (Å²) in [5.41, 5.74) is 4.39. The summed E-state index contributed by atoms with van der Waals surface area (Å²) >= 11 is 0. The molecular weight excluding hydrogens is 288 g/mol. The van der Waals surface area contributed by atoms with E-state index < -0.39 is 0 Å². The van der Waals surface area contributed by atoms with E-state index in [0.29, 0.717) is 12.2 Å². The lowest BCUT2D eigenvalue weighted by atomic mass is 10.0. The summed E-state index contributed by atoms with van der Waals surface area (Å²) < 4.78 is 5.06. The minimum atomic E-state index is -0.304. The van der Waals surface area contributed by atoms with Crippen molar-refractivity contribution in [2.75, 3.05) is 17.2 Å². The highest BCUT2D eigenvalue weighted by Crippen LogP contribution is 2.40. The van der Waals surface area contributed by atoms with Crippen LogP contribution in [-0.4, -0.2) is 12.6 Å². The van der Waals surface area contributed by atoms with Crippen molar-refractivity contribution in [3.8, 4) is 0 Å². The fourth-order valence-electron chi connectivity index (χ4n) is 2.84. The maximum absolute atomic E-state index is 11.9. The van der Waals surface area contributed by atoms with Gasteiger partial charge >= 0.3 is 5.97 Å². The minimum absolute atomic E-state index is 0.304. The molecule has 2 N–H and O–H groups in total. The Morgan fingerprint density at radius 3 is 2.13 bits per heavy atom. The molecule has 0 amide bonds. The topological polar surface area (TPSA) is 50.4 Å². The Labute approximate surface area is 134 Å². The van der Waals surface area contributed by atoms with E-state index in [4.69, 9.17) is 4.74 Å². The van der Waals surface area contributed by atoms with Crippen LogP contribution in [0.4, 0.5) is 22.7 Å². The molecule has 4 rings (SSSR count). The summed E-state index contributed by atoms with van der Waals surface area (Å²) in [5.74, 6) is -0.304. The van der Waals surface area contributed by atoms with Crippen molar-refractivity contribution in [2.45, 2.75) is 6.92 Å². The highest BCUT2D eigenvalue weighted by atomic mass is 16.5. The summed E-state index contributed by atoms with van der Waals surface area (Å²) in [6.07, 6.45) is 0. The standard InChI is InChI=1S/C19H16N2O2/c1-2-23-19(22)14-7-8-15-16(11-14)21-18-10-13-6-4-3-5-12(13)9-17(18)20-15/h3-11,20-21H,2H2,1H3. The number of carbonyl (C=O) groups is 1. The molecule has 23 heavy (non-hydrogen) atoms. The molecule has 0 aliphatic carbocycles. The lowest BCUT2D eigenvalue weighted by Crippen LogP contribution is -2.09. The van der Waals surface area contributed by atoms with Gasteiger partial charge in [0.25, 0.3) is 0 Å². The highest BCUT2D eigenvalue weighted by Gasteiger charge is 2.17. The predicted octanol–water partition coefficient (Wildman–Crippen LogP) is 4.82. The van der Waals surface area contributed by atoms with Crippen molar-refractivity contribution in [2.24, 2.45) is 0 Å². The van der Waals surface area contributed by atoms with E-state index in [9.17, 15) is 4.79 Å². The molecular formula is C19H16N2O2. The number of nitrogens with one attached hydrogen (secondary N) is 2. The number of hydrogen-bond donors (Lipinski definition) is 2. The summed E-state index contributed by atoms with van der Waals surface area (Å²) in [7, 11) is 0. The quantitative estimate of drug-likeness (QED) is 0.521. The first-order valence-electron chi connectivity index (χ1n) is 7.62. The van der Waals surface area contributed by atoms with Gasteiger partial charge in [0.05, 0.1) is 34.9 Å². The molecule has 114 valence electrons. The van der Waals surface area contributed by atoms with Gasteiger partial charge in [0.15, 0.2) is 0 Å². The average Bonchev–Trinajstić information content (AvgIpc) is 2.57. The number of anilines is 4. The fraction of sp³-hybridized carbons (Fsp3) is 0.105. The maximum atomic E-state index is 11.9. The van der Waals surface area contributed by atoms with E-state index in [-0.39, 0.29) is 5.97 Å². The third kappa shape index (κ3) is 2.38. The SMILES string of the molecule is CCOC(=O)c1ccc2c(c1)Nc1cc3ccccc3cc1N2. The molecule has 0 fully saturated rings. The molecule has 0 spiro atoms. The van der Waals surface area contributed by atoms with Gasteiger partial charge in [0.1, 0.15) is 0 Å². The molecule has 0 saturated heterocycles. The maximum Gasteiger partial charge on any atom is 0.338 e. The van der Waals surface area contributed by atoms with Crippen LogP contribution in [0.3, 0.4) is 0 Å². The summed E-state index contributed by atoms with van der Waals surface area (Å²) in [6.45, 7) is 2.17. The zero-order valence-corrected chi connectivity index (χ0v) is 12.7. The molecule has 1 aliphatic heterocycles. The molecule has 4 nitrogen and oxygen atoms in total. The van der Waals surface area contributed by atoms with Gasteiger partial charge < -0.3 is 15.4 Å². The lowest BCUT2D eigenvalue weighted by molar-refractivity contribution is 0.0526. The fourth-order valence-corrected chi connectivity index (χ4v) is 2.84. The van der Waals surface area contributed by atoms with Crippen molar-refractivity contribution in [1.29, 1.82) is 0 Å². The first-order valence-corrected chi connectivity index (χ1v) is 7.62. The van der Waals surface area contributed by atoms with E-state index in [1.807, 2.05) is 24.3 Å². The van der Waals surface area contributed by atoms with E-state index in [1.54, 1.807) is 13.0 Å². The second-order valence-corrected chi connectivity index (χ2v) is 5.48. The van der Waals surface area contributed by atoms with Crippen LogP contribution in [0, 0.1) is 0 Å². The Bertz CT molecular complexity index is 918. The molecule has 0 unspecified atom stereocenters. The highest BCUT2D eigenvalue weighted by molar-refractivity contribution is 6.00. The molecule has 1 aliphatic rings. The Morgan fingerprint density at radius 1 is 0.870 bits per heavy atom. The van der Waals surface area contributed by atoms with Gasteiger partial charge in [0.2, 0.25) is 0 Å². The van der Waals surface area contributed by atoms with E-state index in [0.717, 1.165) is 22.7 Å². The van der Waals surface area contributed by atoms with Gasteiger partial charge in [0, 0.05) is 0 Å². The van der Waals surface area contributed by atoms with Gasteiger partial charge in [-0.05, 0) is 48.0 Å². The summed E-state index contributed by atoms with van der Waals surface area (Å²) in [5, 5.41) is 9.17. The van der Waals surface area contributed by atoms with Gasteiger partial charge in [-0.1, -0.05) is 24.3 Å². The molecule has 3 aromatic carbocycles. The number of hydrogen-bond acceptors (Lipinski definition) is 4. The van der Waals surface area contributed by atoms with Gasteiger partial charge in [-0.2, -0.15) is 0 Å². The van der Waals surface area contributed by atoms with Gasteiger partial charge in [-0.25, -0.2) is 4.79 Å². The zero-order valence-electron chi connectivity index (χ0n) is 12.7. The van der Waals surface area contributed by atoms with E-state index in [1.165, 1.54) is 10.8 Å². The van der Waals surface area contributed by atoms with Crippen LogP contribution < -0.4 is 10.6 Å². The molecule has 0 radical (unpaired) electrons. The van der Waals surface area contributed by atoms with Crippen molar-refractivity contribution >= 4 is 39.5 Å². The Kier molecular flexibility index (Phi) is 3.15. The second-order valence-electron chi connectivity index (χ2n) is 5.48. The molecule has 1 heterocycles. The van der Waals surface area contributed by atoms with E-state index in [2.05, 4.69) is 34.9 Å². The first kappa shape index (κ1) is 13.6. The van der Waals surface area contributed by atoms with E-state index >= 15 is 0 Å². The molecule has 0 atom stereocenters. The predicted molar refractivity (Wildman–Crippen MR) is 92.9 cm³/mol. The van der Waals surface area contributed by atoms with Crippen molar-refractivity contribution in [1.82, 2.24) is 0 Å². The molecule has 0 bridgehead atoms. The molecule has 4 heteroatoms. The largest absolute Gasteiger partial charge is 0.462 e. The lowest BCUT2D eigenvalue weighted by Gasteiger charge is -2.24.